The van der Waals surface area contributed by atoms with Crippen LogP contribution in [-0.4, -0.2) is 10.9 Å². The Kier molecular flexibility index (Phi) is 4.68. The smallest absolute Gasteiger partial charge is 0.255 e. The van der Waals surface area contributed by atoms with Gasteiger partial charge in [-0.1, -0.05) is 30.3 Å². The summed E-state index contributed by atoms with van der Waals surface area (Å²) in [6.07, 6.45) is 1.63. The van der Waals surface area contributed by atoms with Crippen LogP contribution in [0.15, 0.2) is 77.4 Å². The van der Waals surface area contributed by atoms with E-state index in [0.717, 1.165) is 10.2 Å². The second-order valence-corrected chi connectivity index (χ2v) is 5.71. The van der Waals surface area contributed by atoms with E-state index in [2.05, 4.69) is 31.5 Å². The predicted molar refractivity (Wildman–Crippen MR) is 96.1 cm³/mol. The molecule has 0 spiro atoms. The molecule has 23 heavy (non-hydrogen) atoms. The van der Waals surface area contributed by atoms with Gasteiger partial charge in [-0.15, -0.1) is 0 Å². The van der Waals surface area contributed by atoms with Crippen molar-refractivity contribution < 1.29 is 4.79 Å². The fraction of sp³-hybridized carbons (Fsp3) is 0. The molecule has 2 N–H and O–H groups in total. The van der Waals surface area contributed by atoms with Crippen molar-refractivity contribution in [2.75, 3.05) is 10.6 Å². The number of benzene rings is 2. The number of nitrogens with zero attached hydrogens (tertiary/aromatic N) is 1. The van der Waals surface area contributed by atoms with Gasteiger partial charge in [-0.05, 0) is 52.3 Å². The fourth-order valence-electron chi connectivity index (χ4n) is 2.04. The van der Waals surface area contributed by atoms with Crippen LogP contribution in [0.5, 0.6) is 0 Å². The highest BCUT2D eigenvalue weighted by Crippen LogP contribution is 2.24. The molecule has 3 aromatic rings. The number of hydrogen-bond donors (Lipinski definition) is 2. The molecule has 1 heterocycles. The molecular formula is C18H14BrN3O. The molecule has 0 saturated carbocycles. The number of hydrogen-bond acceptors (Lipinski definition) is 3. The van der Waals surface area contributed by atoms with Crippen molar-refractivity contribution in [3.05, 3.63) is 83.0 Å². The summed E-state index contributed by atoms with van der Waals surface area (Å²) in [5.41, 5.74) is 2.19. The van der Waals surface area contributed by atoms with E-state index in [1.54, 1.807) is 18.3 Å². The number of para-hydroxylation sites is 1. The Morgan fingerprint density at radius 1 is 0.913 bits per heavy atom. The van der Waals surface area contributed by atoms with Crippen molar-refractivity contribution in [3.8, 4) is 0 Å². The monoisotopic (exact) mass is 367 g/mol. The standard InChI is InChI=1S/C18H14BrN3O/c19-15-8-4-5-9-16(15)22-17-11-10-14(12-20-17)21-18(23)13-6-2-1-3-7-13/h1-12H,(H,20,22)(H,21,23). The summed E-state index contributed by atoms with van der Waals surface area (Å²) in [4.78, 5) is 16.4. The van der Waals surface area contributed by atoms with Gasteiger partial charge in [0, 0.05) is 10.0 Å². The molecule has 0 saturated heterocycles. The molecule has 0 fully saturated rings. The van der Waals surface area contributed by atoms with E-state index in [1.807, 2.05) is 54.6 Å². The van der Waals surface area contributed by atoms with Crippen LogP contribution in [0.25, 0.3) is 0 Å². The number of aromatic nitrogens is 1. The first-order chi connectivity index (χ1) is 11.2. The summed E-state index contributed by atoms with van der Waals surface area (Å²) < 4.78 is 0.961. The Bertz CT molecular complexity index is 804. The van der Waals surface area contributed by atoms with Crippen molar-refractivity contribution in [2.24, 2.45) is 0 Å². The molecule has 0 aliphatic rings. The highest BCUT2D eigenvalue weighted by atomic mass is 79.9. The molecule has 1 aromatic heterocycles. The minimum absolute atomic E-state index is 0.154. The number of anilines is 3. The van der Waals surface area contributed by atoms with Crippen LogP contribution in [0, 0.1) is 0 Å². The maximum absolute atomic E-state index is 12.1. The molecule has 0 radical (unpaired) electrons. The second-order valence-electron chi connectivity index (χ2n) is 4.86. The van der Waals surface area contributed by atoms with Gasteiger partial charge in [0.05, 0.1) is 17.6 Å². The number of nitrogens with one attached hydrogen (secondary N) is 2. The van der Waals surface area contributed by atoms with Gasteiger partial charge in [0.1, 0.15) is 5.82 Å². The molecule has 3 rings (SSSR count). The number of rotatable bonds is 4. The van der Waals surface area contributed by atoms with Gasteiger partial charge in [-0.3, -0.25) is 4.79 Å². The van der Waals surface area contributed by atoms with Gasteiger partial charge in [0.25, 0.3) is 5.91 Å². The summed E-state index contributed by atoms with van der Waals surface area (Å²) in [6.45, 7) is 0. The molecule has 5 heteroatoms. The van der Waals surface area contributed by atoms with Crippen molar-refractivity contribution in [3.63, 3.8) is 0 Å². The van der Waals surface area contributed by atoms with Crippen molar-refractivity contribution >= 4 is 39.0 Å². The minimum Gasteiger partial charge on any atom is -0.339 e. The first-order valence-corrected chi connectivity index (χ1v) is 7.86. The molecule has 0 unspecified atom stereocenters. The topological polar surface area (TPSA) is 54.0 Å². The third-order valence-electron chi connectivity index (χ3n) is 3.19. The lowest BCUT2D eigenvalue weighted by atomic mass is 10.2. The third-order valence-corrected chi connectivity index (χ3v) is 3.89. The Labute approximate surface area is 142 Å². The maximum Gasteiger partial charge on any atom is 0.255 e. The van der Waals surface area contributed by atoms with Gasteiger partial charge in [0.2, 0.25) is 0 Å². The lowest BCUT2D eigenvalue weighted by Gasteiger charge is -2.09. The Morgan fingerprint density at radius 2 is 1.65 bits per heavy atom. The average Bonchev–Trinajstić information content (AvgIpc) is 2.59. The molecule has 2 aromatic carbocycles. The van der Waals surface area contributed by atoms with Gasteiger partial charge in [-0.2, -0.15) is 0 Å². The van der Waals surface area contributed by atoms with E-state index < -0.39 is 0 Å². The predicted octanol–water partition coefficient (Wildman–Crippen LogP) is 4.84. The zero-order valence-electron chi connectivity index (χ0n) is 12.2. The van der Waals surface area contributed by atoms with Crippen molar-refractivity contribution in [1.29, 1.82) is 0 Å². The Balaban J connectivity index is 1.68. The van der Waals surface area contributed by atoms with E-state index in [4.69, 9.17) is 0 Å². The summed E-state index contributed by atoms with van der Waals surface area (Å²) in [7, 11) is 0. The van der Waals surface area contributed by atoms with Crippen LogP contribution in [0.1, 0.15) is 10.4 Å². The lowest BCUT2D eigenvalue weighted by molar-refractivity contribution is 0.102. The zero-order valence-corrected chi connectivity index (χ0v) is 13.7. The minimum atomic E-state index is -0.154. The SMILES string of the molecule is O=C(Nc1ccc(Nc2ccccc2Br)nc1)c1ccccc1. The molecule has 0 bridgehead atoms. The first kappa shape index (κ1) is 15.2. The highest BCUT2D eigenvalue weighted by molar-refractivity contribution is 9.10. The summed E-state index contributed by atoms with van der Waals surface area (Å²) in [6, 6.07) is 20.5. The largest absolute Gasteiger partial charge is 0.339 e. The van der Waals surface area contributed by atoms with Crippen LogP contribution in [0.4, 0.5) is 17.2 Å². The summed E-state index contributed by atoms with van der Waals surface area (Å²) in [5.74, 6) is 0.550. The van der Waals surface area contributed by atoms with Gasteiger partial charge < -0.3 is 10.6 Å². The lowest BCUT2D eigenvalue weighted by Crippen LogP contribution is -2.11. The molecule has 114 valence electrons. The Morgan fingerprint density at radius 3 is 2.35 bits per heavy atom. The normalized spacial score (nSPS) is 10.1. The number of amides is 1. The quantitative estimate of drug-likeness (QED) is 0.693. The van der Waals surface area contributed by atoms with E-state index >= 15 is 0 Å². The zero-order chi connectivity index (χ0) is 16.1. The van der Waals surface area contributed by atoms with Crippen molar-refractivity contribution in [1.82, 2.24) is 4.98 Å². The summed E-state index contributed by atoms with van der Waals surface area (Å²) in [5, 5.41) is 6.04. The second kappa shape index (κ2) is 7.07. The van der Waals surface area contributed by atoms with Gasteiger partial charge >= 0.3 is 0 Å². The molecule has 4 nitrogen and oxygen atoms in total. The van der Waals surface area contributed by atoms with E-state index in [9.17, 15) is 4.79 Å². The van der Waals surface area contributed by atoms with E-state index in [0.29, 0.717) is 17.1 Å². The van der Waals surface area contributed by atoms with Crippen LogP contribution < -0.4 is 10.6 Å². The number of pyridine rings is 1. The molecule has 0 atom stereocenters. The maximum atomic E-state index is 12.1. The van der Waals surface area contributed by atoms with E-state index in [1.165, 1.54) is 0 Å². The van der Waals surface area contributed by atoms with Crippen LogP contribution >= 0.6 is 15.9 Å². The Hall–Kier alpha value is -2.66. The van der Waals surface area contributed by atoms with Crippen LogP contribution in [0.2, 0.25) is 0 Å². The van der Waals surface area contributed by atoms with E-state index in [-0.39, 0.29) is 5.91 Å². The molecular weight excluding hydrogens is 354 g/mol. The molecule has 0 aliphatic heterocycles. The summed E-state index contributed by atoms with van der Waals surface area (Å²) >= 11 is 3.48. The first-order valence-electron chi connectivity index (χ1n) is 7.06. The average molecular weight is 368 g/mol. The number of carbonyl (C=O) groups is 1. The molecule has 0 aliphatic carbocycles. The number of carbonyl (C=O) groups excluding carboxylic acids is 1. The van der Waals surface area contributed by atoms with Crippen LogP contribution in [0.3, 0.4) is 0 Å². The fourth-order valence-corrected chi connectivity index (χ4v) is 2.42. The van der Waals surface area contributed by atoms with Crippen LogP contribution in [-0.2, 0) is 0 Å². The van der Waals surface area contributed by atoms with Gasteiger partial charge in [-0.25, -0.2) is 4.98 Å². The van der Waals surface area contributed by atoms with Gasteiger partial charge in [0.15, 0.2) is 0 Å². The third kappa shape index (κ3) is 3.96. The highest BCUT2D eigenvalue weighted by Gasteiger charge is 2.06. The number of halogens is 1. The van der Waals surface area contributed by atoms with Crippen molar-refractivity contribution in [2.45, 2.75) is 0 Å². The molecule has 1 amide bonds.